The first-order valence-electron chi connectivity index (χ1n) is 5.43. The van der Waals surface area contributed by atoms with Gasteiger partial charge in [-0.25, -0.2) is 0 Å². The molecule has 5 nitrogen and oxygen atoms in total. The van der Waals surface area contributed by atoms with E-state index in [2.05, 4.69) is 0 Å². The lowest BCUT2D eigenvalue weighted by molar-refractivity contribution is -0.199. The Labute approximate surface area is 95.0 Å². The van der Waals surface area contributed by atoms with Gasteiger partial charge >= 0.3 is 0 Å². The minimum absolute atomic E-state index is 0.0967. The third-order valence-electron chi connectivity index (χ3n) is 3.11. The largest absolute Gasteiger partial charge is 0.354 e. The fraction of sp³-hybridized carbons (Fsp3) is 0.909. The van der Waals surface area contributed by atoms with E-state index in [-0.39, 0.29) is 19.4 Å². The molecular weight excluding hydrogens is 212 g/mol. The summed E-state index contributed by atoms with van der Waals surface area (Å²) >= 11 is 0. The molecule has 0 aromatic heterocycles. The Bertz CT molecular complexity index is 238. The van der Waals surface area contributed by atoms with E-state index in [4.69, 9.17) is 18.9 Å². The quantitative estimate of drug-likeness (QED) is 0.694. The zero-order valence-corrected chi connectivity index (χ0v) is 9.78. The van der Waals surface area contributed by atoms with Gasteiger partial charge in [0.15, 0.2) is 5.78 Å². The van der Waals surface area contributed by atoms with Crippen molar-refractivity contribution in [1.29, 1.82) is 0 Å². The van der Waals surface area contributed by atoms with E-state index in [0.29, 0.717) is 26.4 Å². The van der Waals surface area contributed by atoms with Crippen LogP contribution in [0.15, 0.2) is 0 Å². The lowest BCUT2D eigenvalue weighted by atomic mass is 9.72. The molecule has 2 aliphatic heterocycles. The molecule has 0 unspecified atom stereocenters. The lowest BCUT2D eigenvalue weighted by Crippen LogP contribution is -2.53. The maximum atomic E-state index is 12.5. The van der Waals surface area contributed by atoms with Gasteiger partial charge in [-0.1, -0.05) is 0 Å². The first-order valence-corrected chi connectivity index (χ1v) is 5.43. The van der Waals surface area contributed by atoms with Gasteiger partial charge < -0.3 is 18.9 Å². The van der Waals surface area contributed by atoms with Gasteiger partial charge in [0.25, 0.3) is 0 Å². The molecule has 0 aromatic rings. The molecule has 0 amide bonds. The summed E-state index contributed by atoms with van der Waals surface area (Å²) in [5.74, 6) is 0.0967. The van der Waals surface area contributed by atoms with Crippen molar-refractivity contribution in [1.82, 2.24) is 0 Å². The van der Waals surface area contributed by atoms with Gasteiger partial charge in [0.05, 0.1) is 37.3 Å². The van der Waals surface area contributed by atoms with Crippen LogP contribution in [0, 0.1) is 10.8 Å². The van der Waals surface area contributed by atoms with Crippen molar-refractivity contribution in [2.24, 2.45) is 10.8 Å². The van der Waals surface area contributed by atoms with Crippen LogP contribution in [-0.4, -0.2) is 45.8 Å². The number of hydrogen-bond donors (Lipinski definition) is 0. The average molecular weight is 230 g/mol. The van der Waals surface area contributed by atoms with E-state index in [1.165, 1.54) is 0 Å². The SMILES string of the molecule is CC1(C(=O)C2(C)COCOC2)COCOC1. The summed E-state index contributed by atoms with van der Waals surface area (Å²) in [6.07, 6.45) is 0. The molecule has 0 saturated carbocycles. The van der Waals surface area contributed by atoms with Crippen LogP contribution in [0.4, 0.5) is 0 Å². The van der Waals surface area contributed by atoms with E-state index in [9.17, 15) is 4.79 Å². The second kappa shape index (κ2) is 4.41. The Hall–Kier alpha value is -0.490. The van der Waals surface area contributed by atoms with Crippen LogP contribution in [0.25, 0.3) is 0 Å². The van der Waals surface area contributed by atoms with Crippen LogP contribution in [0.2, 0.25) is 0 Å². The van der Waals surface area contributed by atoms with E-state index >= 15 is 0 Å². The monoisotopic (exact) mass is 230 g/mol. The highest BCUT2D eigenvalue weighted by Crippen LogP contribution is 2.34. The van der Waals surface area contributed by atoms with Crippen molar-refractivity contribution in [3.8, 4) is 0 Å². The van der Waals surface area contributed by atoms with Gasteiger partial charge in [-0.3, -0.25) is 4.79 Å². The lowest BCUT2D eigenvalue weighted by Gasteiger charge is -2.40. The minimum atomic E-state index is -0.586. The molecule has 0 aliphatic carbocycles. The predicted octanol–water partition coefficient (Wildman–Crippen LogP) is 0.577. The Morgan fingerprint density at radius 2 is 1.12 bits per heavy atom. The smallest absolute Gasteiger partial charge is 0.153 e. The van der Waals surface area contributed by atoms with E-state index in [0.717, 1.165) is 0 Å². The summed E-state index contributed by atoms with van der Waals surface area (Å²) < 4.78 is 20.9. The standard InChI is InChI=1S/C11H18O5/c1-10(3-13-7-14-4-10)9(12)11(2)5-15-8-16-6-11/h3-8H2,1-2H3. The molecule has 0 atom stereocenters. The van der Waals surface area contributed by atoms with E-state index in [1.807, 2.05) is 13.8 Å². The normalized spacial score (nSPS) is 28.6. The number of ether oxygens (including phenoxy) is 4. The third kappa shape index (κ3) is 2.13. The number of carbonyl (C=O) groups is 1. The average Bonchev–Trinajstić information content (AvgIpc) is 2.30. The Morgan fingerprint density at radius 1 is 0.812 bits per heavy atom. The number of ketones is 1. The third-order valence-corrected chi connectivity index (χ3v) is 3.11. The van der Waals surface area contributed by atoms with Crippen molar-refractivity contribution in [3.63, 3.8) is 0 Å². The van der Waals surface area contributed by atoms with Crippen molar-refractivity contribution in [3.05, 3.63) is 0 Å². The summed E-state index contributed by atoms with van der Waals surface area (Å²) in [4.78, 5) is 12.5. The Morgan fingerprint density at radius 3 is 1.44 bits per heavy atom. The second-order valence-corrected chi connectivity index (χ2v) is 5.08. The summed E-state index contributed by atoms with van der Waals surface area (Å²) in [6, 6.07) is 0. The number of Topliss-reactive ketones (excluding diaryl/α,β-unsaturated/α-hetero) is 1. The van der Waals surface area contributed by atoms with E-state index in [1.54, 1.807) is 0 Å². The van der Waals surface area contributed by atoms with Gasteiger partial charge in [-0.2, -0.15) is 0 Å². The molecule has 0 N–H and O–H groups in total. The van der Waals surface area contributed by atoms with Gasteiger partial charge in [0, 0.05) is 0 Å². The molecule has 16 heavy (non-hydrogen) atoms. The highest BCUT2D eigenvalue weighted by atomic mass is 16.7. The Kier molecular flexibility index (Phi) is 3.30. The molecule has 0 spiro atoms. The van der Waals surface area contributed by atoms with Crippen LogP contribution >= 0.6 is 0 Å². The van der Waals surface area contributed by atoms with E-state index < -0.39 is 10.8 Å². The van der Waals surface area contributed by atoms with Gasteiger partial charge in [-0.15, -0.1) is 0 Å². The first-order chi connectivity index (χ1) is 7.57. The maximum absolute atomic E-state index is 12.5. The van der Waals surface area contributed by atoms with Gasteiger partial charge in [0.1, 0.15) is 13.6 Å². The van der Waals surface area contributed by atoms with Crippen LogP contribution < -0.4 is 0 Å². The number of carbonyl (C=O) groups excluding carboxylic acids is 1. The zero-order valence-electron chi connectivity index (χ0n) is 9.78. The molecule has 2 saturated heterocycles. The van der Waals surface area contributed by atoms with Gasteiger partial charge in [-0.05, 0) is 13.8 Å². The molecular formula is C11H18O5. The highest BCUT2D eigenvalue weighted by Gasteiger charge is 2.48. The number of rotatable bonds is 2. The molecule has 0 bridgehead atoms. The molecule has 0 radical (unpaired) electrons. The fourth-order valence-corrected chi connectivity index (χ4v) is 2.26. The summed E-state index contributed by atoms with van der Waals surface area (Å²) in [5, 5.41) is 0. The summed E-state index contributed by atoms with van der Waals surface area (Å²) in [5.41, 5.74) is -1.17. The maximum Gasteiger partial charge on any atom is 0.153 e. The number of hydrogen-bond acceptors (Lipinski definition) is 5. The first kappa shape index (κ1) is 12.0. The predicted molar refractivity (Wildman–Crippen MR) is 54.8 cm³/mol. The molecule has 2 aliphatic rings. The van der Waals surface area contributed by atoms with Crippen LogP contribution in [0.1, 0.15) is 13.8 Å². The van der Waals surface area contributed by atoms with Crippen LogP contribution in [0.5, 0.6) is 0 Å². The van der Waals surface area contributed by atoms with Crippen molar-refractivity contribution in [2.75, 3.05) is 40.0 Å². The molecule has 2 fully saturated rings. The Balaban J connectivity index is 2.10. The molecule has 5 heteroatoms. The van der Waals surface area contributed by atoms with Crippen molar-refractivity contribution >= 4 is 5.78 Å². The molecule has 92 valence electrons. The molecule has 2 heterocycles. The van der Waals surface area contributed by atoms with Gasteiger partial charge in [0.2, 0.25) is 0 Å². The molecule has 0 aromatic carbocycles. The van der Waals surface area contributed by atoms with Crippen LogP contribution in [0.3, 0.4) is 0 Å². The second-order valence-electron chi connectivity index (χ2n) is 5.08. The van der Waals surface area contributed by atoms with Crippen molar-refractivity contribution < 1.29 is 23.7 Å². The zero-order chi connectivity index (χ0) is 11.6. The van der Waals surface area contributed by atoms with Crippen molar-refractivity contribution in [2.45, 2.75) is 13.8 Å². The topological polar surface area (TPSA) is 54.0 Å². The van der Waals surface area contributed by atoms with Crippen LogP contribution in [-0.2, 0) is 23.7 Å². The highest BCUT2D eigenvalue weighted by molar-refractivity contribution is 5.90. The molecule has 2 rings (SSSR count). The summed E-state index contributed by atoms with van der Waals surface area (Å²) in [6.45, 7) is 5.90. The summed E-state index contributed by atoms with van der Waals surface area (Å²) in [7, 11) is 0. The minimum Gasteiger partial charge on any atom is -0.354 e. The fourth-order valence-electron chi connectivity index (χ4n) is 2.26.